The molecule has 0 saturated heterocycles. The van der Waals surface area contributed by atoms with Crippen LogP contribution in [0.15, 0.2) is 224 Å². The summed E-state index contributed by atoms with van der Waals surface area (Å²) in [7, 11) is 0. The smallest absolute Gasteiger partial charge is 0.103 e. The minimum Gasteiger partial charge on any atom is -0.472 e. The fourth-order valence-corrected chi connectivity index (χ4v) is 9.75. The number of hydrogen-bond acceptors (Lipinski definition) is 9. The molecule has 100 heavy (non-hydrogen) atoms. The van der Waals surface area contributed by atoms with Gasteiger partial charge in [0, 0.05) is 51.5 Å². The van der Waals surface area contributed by atoms with Crippen molar-refractivity contribution in [2.75, 3.05) is 0 Å². The molecule has 0 N–H and O–H groups in total. The van der Waals surface area contributed by atoms with E-state index < -0.39 is 0 Å². The highest BCUT2D eigenvalue weighted by molar-refractivity contribution is 7.10. The average Bonchev–Trinajstić information content (AvgIpc) is 1.69. The minimum atomic E-state index is 0.818. The fourth-order valence-electron chi connectivity index (χ4n) is 7.21. The molecule has 4 aromatic carbocycles. The van der Waals surface area contributed by atoms with E-state index >= 15 is 0 Å². The Hall–Kier alpha value is -8.44. The number of benzene rings is 4. The Morgan fingerprint density at radius 2 is 0.670 bits per heavy atom. The lowest BCUT2D eigenvalue weighted by molar-refractivity contribution is 0.531. The number of pyridine rings is 3. The number of aromatic nitrogens is 3. The van der Waals surface area contributed by atoms with Crippen LogP contribution in [0.1, 0.15) is 149 Å². The number of halogens is 1. The Balaban J connectivity index is 0.000000542. The molecule has 0 aliphatic heterocycles. The van der Waals surface area contributed by atoms with Gasteiger partial charge in [-0.15, -0.1) is 22.7 Å². The zero-order valence-corrected chi connectivity index (χ0v) is 68.6. The largest absolute Gasteiger partial charge is 0.472 e. The summed E-state index contributed by atoms with van der Waals surface area (Å²) in [6, 6.07) is 45.3. The highest BCUT2D eigenvalue weighted by Gasteiger charge is 1.95. The molecule has 13 aromatic rings. The molecule has 13 rings (SSSR count). The molecule has 0 aliphatic carbocycles. The van der Waals surface area contributed by atoms with Crippen molar-refractivity contribution in [1.29, 1.82) is 0 Å². The summed E-state index contributed by atoms with van der Waals surface area (Å²) >= 11 is 11.1. The summed E-state index contributed by atoms with van der Waals surface area (Å²) in [4.78, 5) is 14.8. The second-order valence-electron chi connectivity index (χ2n) is 24.9. The van der Waals surface area contributed by atoms with E-state index in [4.69, 9.17) is 24.9 Å². The maximum atomic E-state index is 5.72. The number of hydrogen-bond donors (Lipinski definition) is 0. The van der Waals surface area contributed by atoms with Crippen LogP contribution in [0.2, 0.25) is 5.02 Å². The van der Waals surface area contributed by atoms with E-state index in [1.54, 1.807) is 59.1 Å². The van der Waals surface area contributed by atoms with Crippen molar-refractivity contribution in [1.82, 2.24) is 15.0 Å². The molecule has 0 aliphatic rings. The van der Waals surface area contributed by atoms with Crippen LogP contribution in [-0.4, -0.2) is 15.0 Å². The average molecular weight is 1420 g/mol. The monoisotopic (exact) mass is 1420 g/mol. The predicted molar refractivity (Wildman–Crippen MR) is 440 cm³/mol. The highest BCUT2D eigenvalue weighted by Crippen LogP contribution is 2.16. The van der Waals surface area contributed by atoms with Crippen LogP contribution >= 0.6 is 45.6 Å². The number of furan rings is 3. The molecule has 9 heterocycles. The van der Waals surface area contributed by atoms with Crippen molar-refractivity contribution in [2.45, 2.75) is 187 Å². The van der Waals surface area contributed by atoms with E-state index in [1.807, 2.05) is 128 Å². The van der Waals surface area contributed by atoms with Gasteiger partial charge in [0.25, 0.3) is 0 Å². The summed E-state index contributed by atoms with van der Waals surface area (Å²) in [5.41, 5.74) is 30.1. The van der Waals surface area contributed by atoms with Gasteiger partial charge >= 0.3 is 0 Å². The SMILES string of the molecule is Cc1ccc(C)c(C)c1.Cc1ccc(Cl)cc1C.Cc1ccccc1C.Cc1ccccc1C.Cc1cccnc1C.Cc1ccncc1C.Cc1ccncc1C.Cc1ccoc1C.Cc1ccoc1C.Cc1ccsc1C.Cc1ccsc1C.Cc1cocc1C.Cc1cscc1C. The topological polar surface area (TPSA) is 78.1 Å². The van der Waals surface area contributed by atoms with Gasteiger partial charge in [-0.3, -0.25) is 15.0 Å². The first-order valence-electron chi connectivity index (χ1n) is 33.7. The summed E-state index contributed by atoms with van der Waals surface area (Å²) < 4.78 is 14.8. The van der Waals surface area contributed by atoms with Gasteiger partial charge in [-0.2, -0.15) is 11.3 Å². The Bertz CT molecular complexity index is 3480. The van der Waals surface area contributed by atoms with Crippen LogP contribution in [0.5, 0.6) is 0 Å². The quantitative estimate of drug-likeness (QED) is 0.151. The van der Waals surface area contributed by atoms with E-state index in [1.165, 1.54) is 132 Å². The Morgan fingerprint density at radius 3 is 0.860 bits per heavy atom. The summed E-state index contributed by atoms with van der Waals surface area (Å²) in [6.07, 6.45) is 16.1. The van der Waals surface area contributed by atoms with Crippen molar-refractivity contribution >= 4 is 45.6 Å². The Morgan fingerprint density at radius 1 is 0.300 bits per heavy atom. The lowest BCUT2D eigenvalue weighted by atomic mass is 10.1. The van der Waals surface area contributed by atoms with Crippen LogP contribution in [-0.2, 0) is 0 Å². The molecular formula is C90H116ClN3O3S3. The summed E-state index contributed by atoms with van der Waals surface area (Å²) in [5, 5.41) is 9.37. The first-order valence-corrected chi connectivity index (χ1v) is 36.8. The molecule has 0 spiro atoms. The molecule has 0 radical (unpaired) electrons. The second-order valence-corrected chi connectivity index (χ2v) is 28.3. The number of nitrogens with zero attached hydrogens (tertiary/aromatic N) is 3. The first kappa shape index (κ1) is 89.6. The van der Waals surface area contributed by atoms with Gasteiger partial charge in [0.1, 0.15) is 11.5 Å². The van der Waals surface area contributed by atoms with Gasteiger partial charge in [-0.05, 0) is 380 Å². The van der Waals surface area contributed by atoms with Crippen LogP contribution in [0.3, 0.4) is 0 Å². The fraction of sp³-hybridized carbons (Fsp3) is 0.300. The van der Waals surface area contributed by atoms with Gasteiger partial charge in [0.15, 0.2) is 0 Å². The molecule has 0 amide bonds. The molecule has 0 atom stereocenters. The van der Waals surface area contributed by atoms with Crippen LogP contribution in [0, 0.1) is 187 Å². The summed E-state index contributed by atoms with van der Waals surface area (Å²) in [6.45, 7) is 56.2. The lowest BCUT2D eigenvalue weighted by Gasteiger charge is -1.98. The van der Waals surface area contributed by atoms with E-state index in [-0.39, 0.29) is 0 Å². The molecular weight excluding hydrogens is 1300 g/mol. The van der Waals surface area contributed by atoms with Gasteiger partial charge in [-0.1, -0.05) is 96.0 Å². The van der Waals surface area contributed by atoms with E-state index in [9.17, 15) is 0 Å². The van der Waals surface area contributed by atoms with Crippen molar-refractivity contribution in [3.8, 4) is 0 Å². The predicted octanol–water partition coefficient (Wildman–Crippen LogP) is 28.1. The van der Waals surface area contributed by atoms with E-state index in [0.717, 1.165) is 22.2 Å². The van der Waals surface area contributed by atoms with Crippen molar-refractivity contribution in [3.05, 3.63) is 365 Å². The molecule has 0 unspecified atom stereocenters. The molecule has 0 bridgehead atoms. The normalized spacial score (nSPS) is 9.40. The number of thiophene rings is 3. The van der Waals surface area contributed by atoms with Crippen LogP contribution < -0.4 is 0 Å². The van der Waals surface area contributed by atoms with Crippen LogP contribution in [0.25, 0.3) is 0 Å². The third-order valence-electron chi connectivity index (χ3n) is 16.6. The minimum absolute atomic E-state index is 0.818. The maximum Gasteiger partial charge on any atom is 0.103 e. The molecule has 6 nitrogen and oxygen atoms in total. The van der Waals surface area contributed by atoms with Crippen molar-refractivity contribution in [2.24, 2.45) is 0 Å². The van der Waals surface area contributed by atoms with Crippen LogP contribution in [0.4, 0.5) is 0 Å². The highest BCUT2D eigenvalue weighted by atomic mass is 35.5. The molecule has 0 fully saturated rings. The zero-order chi connectivity index (χ0) is 75.3. The molecule has 534 valence electrons. The standard InChI is InChI=1S/C9H12.C8H9Cl.2C8H10.3C7H9N.3C6H8O.3C6H8S/c1-7-4-5-8(2)9(3)6-7;1-6-3-4-8(9)5-7(6)2;2*1-7-5-3-4-6-8(7)2;2*1-6-3-4-8-5-7(6)2;1-6-4-3-5-8-7(6)2;1-5-3-7-4-6(5)2;2*1-5-3-4-7-6(5)2;1-5-3-7-4-6(5)2;2*1-5-3-4-7-6(5)2/h4-6H,1-3H3;3-5H,1-2H3;2*3-6H,1-2H3;3*3-5H,1-2H3;6*3-4H,1-2H3. The third-order valence-corrected chi connectivity index (χ3v) is 19.7. The first-order chi connectivity index (χ1) is 47.2. The Labute approximate surface area is 621 Å². The summed E-state index contributed by atoms with van der Waals surface area (Å²) in [5.74, 6) is 2.03. The van der Waals surface area contributed by atoms with Crippen molar-refractivity contribution < 1.29 is 13.3 Å². The third kappa shape index (κ3) is 40.0. The van der Waals surface area contributed by atoms with Gasteiger partial charge in [0.05, 0.1) is 25.1 Å². The molecule has 0 saturated carbocycles. The molecule has 10 heteroatoms. The van der Waals surface area contributed by atoms with Crippen molar-refractivity contribution in [3.63, 3.8) is 0 Å². The number of rotatable bonds is 0. The van der Waals surface area contributed by atoms with E-state index in [2.05, 4.69) is 260 Å². The van der Waals surface area contributed by atoms with Gasteiger partial charge in [-0.25, -0.2) is 0 Å². The molecule has 9 aromatic heterocycles. The Kier molecular flexibility index (Phi) is 45.5. The van der Waals surface area contributed by atoms with E-state index in [0.29, 0.717) is 0 Å². The maximum absolute atomic E-state index is 5.72. The second kappa shape index (κ2) is 50.8. The van der Waals surface area contributed by atoms with Gasteiger partial charge < -0.3 is 13.3 Å². The van der Waals surface area contributed by atoms with Gasteiger partial charge in [0.2, 0.25) is 0 Å². The zero-order valence-electron chi connectivity index (χ0n) is 65.4. The number of aryl methyl sites for hydroxylation is 27. The lowest BCUT2D eigenvalue weighted by Crippen LogP contribution is -1.81.